The molecule has 0 amide bonds. The molecular weight excluding hydrogens is 446 g/mol. The summed E-state index contributed by atoms with van der Waals surface area (Å²) in [4.78, 5) is 0. The van der Waals surface area contributed by atoms with E-state index < -0.39 is 0 Å². The van der Waals surface area contributed by atoms with Crippen LogP contribution in [0.5, 0.6) is 5.75 Å². The molecule has 36 heavy (non-hydrogen) atoms. The summed E-state index contributed by atoms with van der Waals surface area (Å²) in [6.45, 7) is 4.41. The fraction of sp³-hybridized carbons (Fsp3) is 0.194. The first-order chi connectivity index (χ1) is 17.7. The largest absolute Gasteiger partial charge is 0.488 e. The average Bonchev–Trinajstić information content (AvgIpc) is 2.93. The zero-order chi connectivity index (χ0) is 25.2. The molecule has 0 unspecified atom stereocenters. The third-order valence-electron chi connectivity index (χ3n) is 6.14. The Balaban J connectivity index is 1.50. The fourth-order valence-electron chi connectivity index (χ4n) is 4.14. The molecule has 3 N–H and O–H groups in total. The second kappa shape index (κ2) is 12.6. The summed E-state index contributed by atoms with van der Waals surface area (Å²) in [5.41, 5.74) is 8.48. The molecule has 182 valence electrons. The first-order valence-corrected chi connectivity index (χ1v) is 12.1. The van der Waals surface area contributed by atoms with E-state index in [4.69, 9.17) is 9.84 Å². The Morgan fingerprint density at radius 1 is 0.861 bits per heavy atom. The highest BCUT2D eigenvalue weighted by molar-refractivity contribution is 5.68. The lowest BCUT2D eigenvalue weighted by Gasteiger charge is -2.16. The van der Waals surface area contributed by atoms with Gasteiger partial charge in [0.1, 0.15) is 12.4 Å². The maximum Gasteiger partial charge on any atom is 0.126 e. The standard InChI is InChI=1S/C31H31N3O2/c1-23-27(11-6-12-30(23)26-9-3-2-4-10-26)21-34-29-14-13-28(20-33-15-16-35)31(18-29)36-22-25-8-5-7-24(17-25)19-32/h2-14,17-18,33-35H,15-16,20-22H2,1H3. The third kappa shape index (κ3) is 6.51. The predicted octanol–water partition coefficient (Wildman–Crippen LogP) is 5.81. The van der Waals surface area contributed by atoms with Crippen LogP contribution in [0.2, 0.25) is 0 Å². The van der Waals surface area contributed by atoms with Crippen molar-refractivity contribution in [1.82, 2.24) is 5.32 Å². The minimum atomic E-state index is 0.0815. The van der Waals surface area contributed by atoms with Gasteiger partial charge in [0.2, 0.25) is 0 Å². The van der Waals surface area contributed by atoms with Gasteiger partial charge in [-0.1, -0.05) is 66.7 Å². The van der Waals surface area contributed by atoms with Gasteiger partial charge in [0.15, 0.2) is 0 Å². The van der Waals surface area contributed by atoms with Crippen molar-refractivity contribution in [3.05, 3.63) is 119 Å². The predicted molar refractivity (Wildman–Crippen MR) is 145 cm³/mol. The topological polar surface area (TPSA) is 77.3 Å². The SMILES string of the molecule is Cc1c(CNc2ccc(CNCCO)c(OCc3cccc(C#N)c3)c2)cccc1-c1ccccc1. The van der Waals surface area contributed by atoms with Crippen molar-refractivity contribution >= 4 is 5.69 Å². The Bertz CT molecular complexity index is 1330. The number of aliphatic hydroxyl groups excluding tert-OH is 1. The van der Waals surface area contributed by atoms with Gasteiger partial charge >= 0.3 is 0 Å². The zero-order valence-corrected chi connectivity index (χ0v) is 20.5. The van der Waals surface area contributed by atoms with Crippen LogP contribution in [-0.2, 0) is 19.7 Å². The van der Waals surface area contributed by atoms with Gasteiger partial charge in [0, 0.05) is 37.0 Å². The van der Waals surface area contributed by atoms with Crippen LogP contribution in [0, 0.1) is 18.3 Å². The lowest BCUT2D eigenvalue weighted by Crippen LogP contribution is -2.18. The van der Waals surface area contributed by atoms with Crippen LogP contribution in [0.4, 0.5) is 5.69 Å². The molecule has 0 saturated heterocycles. The number of nitrogens with zero attached hydrogens (tertiary/aromatic N) is 1. The van der Waals surface area contributed by atoms with Gasteiger partial charge in [-0.15, -0.1) is 0 Å². The van der Waals surface area contributed by atoms with E-state index in [1.54, 1.807) is 6.07 Å². The van der Waals surface area contributed by atoms with Gasteiger partial charge in [0.25, 0.3) is 0 Å². The molecule has 0 saturated carbocycles. The normalized spacial score (nSPS) is 10.6. The molecule has 5 nitrogen and oxygen atoms in total. The second-order valence-corrected chi connectivity index (χ2v) is 8.63. The van der Waals surface area contributed by atoms with E-state index in [1.165, 1.54) is 22.3 Å². The number of benzene rings is 4. The second-order valence-electron chi connectivity index (χ2n) is 8.63. The molecule has 0 radical (unpaired) electrons. The van der Waals surface area contributed by atoms with E-state index in [1.807, 2.05) is 36.4 Å². The average molecular weight is 478 g/mol. The maximum atomic E-state index is 9.17. The minimum Gasteiger partial charge on any atom is -0.488 e. The zero-order valence-electron chi connectivity index (χ0n) is 20.5. The van der Waals surface area contributed by atoms with Crippen molar-refractivity contribution in [2.45, 2.75) is 26.6 Å². The maximum absolute atomic E-state index is 9.17. The van der Waals surface area contributed by atoms with Crippen LogP contribution in [0.3, 0.4) is 0 Å². The molecule has 4 rings (SSSR count). The molecule has 0 heterocycles. The van der Waals surface area contributed by atoms with Gasteiger partial charge in [-0.2, -0.15) is 5.26 Å². The number of rotatable bonds is 11. The number of nitrogens with one attached hydrogen (secondary N) is 2. The summed E-state index contributed by atoms with van der Waals surface area (Å²) >= 11 is 0. The number of ether oxygens (including phenoxy) is 1. The molecule has 4 aromatic rings. The van der Waals surface area contributed by atoms with E-state index in [2.05, 4.69) is 72.2 Å². The number of hydrogen-bond acceptors (Lipinski definition) is 5. The smallest absolute Gasteiger partial charge is 0.126 e. The molecule has 0 aromatic heterocycles. The Labute approximate surface area is 213 Å². The Kier molecular flexibility index (Phi) is 8.72. The monoisotopic (exact) mass is 477 g/mol. The first-order valence-electron chi connectivity index (χ1n) is 12.1. The molecule has 5 heteroatoms. The molecule has 4 aromatic carbocycles. The van der Waals surface area contributed by atoms with Crippen LogP contribution in [0.15, 0.2) is 91.0 Å². The van der Waals surface area contributed by atoms with Crippen LogP contribution in [0.1, 0.15) is 27.8 Å². The minimum absolute atomic E-state index is 0.0815. The van der Waals surface area contributed by atoms with E-state index in [0.29, 0.717) is 31.8 Å². The molecule has 0 bridgehead atoms. The molecule has 0 spiro atoms. The highest BCUT2D eigenvalue weighted by atomic mass is 16.5. The van der Waals surface area contributed by atoms with E-state index in [-0.39, 0.29) is 6.61 Å². The molecule has 0 fully saturated rings. The van der Waals surface area contributed by atoms with Crippen molar-refractivity contribution in [1.29, 1.82) is 5.26 Å². The lowest BCUT2D eigenvalue weighted by molar-refractivity contribution is 0.288. The van der Waals surface area contributed by atoms with Crippen molar-refractivity contribution in [2.24, 2.45) is 0 Å². The van der Waals surface area contributed by atoms with Gasteiger partial charge in [-0.25, -0.2) is 0 Å². The number of hydrogen-bond donors (Lipinski definition) is 3. The van der Waals surface area contributed by atoms with Gasteiger partial charge < -0.3 is 20.5 Å². The van der Waals surface area contributed by atoms with Gasteiger partial charge in [-0.3, -0.25) is 0 Å². The fourth-order valence-corrected chi connectivity index (χ4v) is 4.14. The quantitative estimate of drug-likeness (QED) is 0.238. The molecule has 0 aliphatic rings. The highest BCUT2D eigenvalue weighted by Gasteiger charge is 2.09. The summed E-state index contributed by atoms with van der Waals surface area (Å²) in [7, 11) is 0. The van der Waals surface area contributed by atoms with Crippen LogP contribution in [0.25, 0.3) is 11.1 Å². The Hall–Kier alpha value is -4.11. The number of nitriles is 1. The highest BCUT2D eigenvalue weighted by Crippen LogP contribution is 2.28. The van der Waals surface area contributed by atoms with E-state index >= 15 is 0 Å². The number of aliphatic hydroxyl groups is 1. The van der Waals surface area contributed by atoms with Crippen molar-refractivity contribution in [2.75, 3.05) is 18.5 Å². The van der Waals surface area contributed by atoms with Crippen molar-refractivity contribution in [3.8, 4) is 22.9 Å². The van der Waals surface area contributed by atoms with Crippen LogP contribution in [-0.4, -0.2) is 18.3 Å². The third-order valence-corrected chi connectivity index (χ3v) is 6.14. The molecule has 0 aliphatic heterocycles. The summed E-state index contributed by atoms with van der Waals surface area (Å²) in [6.07, 6.45) is 0. The summed E-state index contributed by atoms with van der Waals surface area (Å²) in [6, 6.07) is 32.6. The Morgan fingerprint density at radius 2 is 1.69 bits per heavy atom. The molecular formula is C31H31N3O2. The molecule has 0 aliphatic carbocycles. The van der Waals surface area contributed by atoms with Gasteiger partial charge in [-0.05, 0) is 52.9 Å². The molecule has 0 atom stereocenters. The van der Waals surface area contributed by atoms with Crippen LogP contribution < -0.4 is 15.4 Å². The summed E-state index contributed by atoms with van der Waals surface area (Å²) < 4.78 is 6.19. The van der Waals surface area contributed by atoms with Gasteiger partial charge in [0.05, 0.1) is 18.2 Å². The first kappa shape index (κ1) is 25.0. The lowest BCUT2D eigenvalue weighted by atomic mass is 9.96. The summed E-state index contributed by atoms with van der Waals surface area (Å²) in [5.74, 6) is 0.766. The van der Waals surface area contributed by atoms with Crippen molar-refractivity contribution < 1.29 is 9.84 Å². The van der Waals surface area contributed by atoms with E-state index in [9.17, 15) is 5.26 Å². The summed E-state index contributed by atoms with van der Waals surface area (Å²) in [5, 5.41) is 25.1. The van der Waals surface area contributed by atoms with E-state index in [0.717, 1.165) is 22.6 Å². The Morgan fingerprint density at radius 3 is 2.50 bits per heavy atom. The van der Waals surface area contributed by atoms with Crippen molar-refractivity contribution in [3.63, 3.8) is 0 Å². The number of anilines is 1. The van der Waals surface area contributed by atoms with Crippen LogP contribution >= 0.6 is 0 Å².